The van der Waals surface area contributed by atoms with Crippen molar-refractivity contribution < 1.29 is 32.2 Å². The van der Waals surface area contributed by atoms with Crippen LogP contribution in [-0.2, 0) is 25.4 Å². The van der Waals surface area contributed by atoms with Crippen LogP contribution in [0.1, 0.15) is 31.2 Å². The number of hydrogen-bond donors (Lipinski definition) is 2. The van der Waals surface area contributed by atoms with Crippen molar-refractivity contribution in [1.82, 2.24) is 9.62 Å². The Morgan fingerprint density at radius 2 is 1.67 bits per heavy atom. The summed E-state index contributed by atoms with van der Waals surface area (Å²) >= 11 is 0. The van der Waals surface area contributed by atoms with Crippen molar-refractivity contribution >= 4 is 27.5 Å². The molecule has 11 heteroatoms. The lowest BCUT2D eigenvalue weighted by molar-refractivity contribution is -0.125. The minimum atomic E-state index is -3.67. The number of sulfonamides is 1. The van der Waals surface area contributed by atoms with Gasteiger partial charge in [-0.25, -0.2) is 8.42 Å². The van der Waals surface area contributed by atoms with E-state index in [1.54, 1.807) is 36.4 Å². The Morgan fingerprint density at radius 1 is 1.00 bits per heavy atom. The van der Waals surface area contributed by atoms with E-state index in [1.165, 1.54) is 25.6 Å². The minimum Gasteiger partial charge on any atom is -0.493 e. The van der Waals surface area contributed by atoms with Crippen LogP contribution in [0.15, 0.2) is 42.5 Å². The molecule has 1 fully saturated rings. The highest BCUT2D eigenvalue weighted by Gasteiger charge is 2.36. The molecule has 1 saturated heterocycles. The number of carbonyl (C=O) groups is 2. The Labute approximate surface area is 212 Å². The quantitative estimate of drug-likeness (QED) is 0.468. The van der Waals surface area contributed by atoms with Gasteiger partial charge in [0.15, 0.2) is 11.5 Å². The van der Waals surface area contributed by atoms with Crippen LogP contribution in [0.2, 0.25) is 0 Å². The number of rotatable bonds is 11. The molecule has 0 aliphatic carbocycles. The summed E-state index contributed by atoms with van der Waals surface area (Å²) in [4.78, 5) is 25.4. The van der Waals surface area contributed by atoms with Gasteiger partial charge >= 0.3 is 0 Å². The zero-order valence-corrected chi connectivity index (χ0v) is 21.6. The van der Waals surface area contributed by atoms with E-state index in [0.29, 0.717) is 47.9 Å². The molecular weight excluding hydrogens is 486 g/mol. The van der Waals surface area contributed by atoms with Crippen molar-refractivity contribution in [2.45, 2.75) is 37.5 Å². The molecule has 2 aromatic carbocycles. The van der Waals surface area contributed by atoms with Gasteiger partial charge in [0, 0.05) is 37.3 Å². The van der Waals surface area contributed by atoms with Crippen LogP contribution in [0.5, 0.6) is 17.2 Å². The number of carbonyl (C=O) groups excluding carboxylic acids is 2. The summed E-state index contributed by atoms with van der Waals surface area (Å²) in [6.45, 7) is 0.368. The number of piperidine rings is 1. The lowest BCUT2D eigenvalue weighted by Gasteiger charge is -2.33. The van der Waals surface area contributed by atoms with Crippen LogP contribution >= 0.6 is 0 Å². The lowest BCUT2D eigenvalue weighted by Crippen LogP contribution is -2.52. The predicted molar refractivity (Wildman–Crippen MR) is 136 cm³/mol. The fourth-order valence-corrected chi connectivity index (χ4v) is 5.94. The third-order valence-electron chi connectivity index (χ3n) is 5.91. The molecule has 1 aliphatic heterocycles. The van der Waals surface area contributed by atoms with Gasteiger partial charge in [-0.15, -0.1) is 0 Å². The van der Waals surface area contributed by atoms with E-state index >= 15 is 0 Å². The zero-order valence-electron chi connectivity index (χ0n) is 20.8. The third kappa shape index (κ3) is 6.88. The molecule has 3 rings (SSSR count). The monoisotopic (exact) mass is 519 g/mol. The van der Waals surface area contributed by atoms with E-state index in [-0.39, 0.29) is 24.6 Å². The second kappa shape index (κ2) is 12.6. The summed E-state index contributed by atoms with van der Waals surface area (Å²) in [5.74, 6) is 0.316. The first-order valence-corrected chi connectivity index (χ1v) is 13.3. The van der Waals surface area contributed by atoms with Crippen molar-refractivity contribution in [3.05, 3.63) is 48.0 Å². The maximum atomic E-state index is 13.1. The zero-order chi connectivity index (χ0) is 26.1. The van der Waals surface area contributed by atoms with Gasteiger partial charge in [-0.05, 0) is 18.4 Å². The van der Waals surface area contributed by atoms with E-state index in [1.807, 2.05) is 6.07 Å². The number of amides is 2. The van der Waals surface area contributed by atoms with E-state index in [0.717, 1.165) is 6.42 Å². The molecule has 0 spiro atoms. The van der Waals surface area contributed by atoms with E-state index < -0.39 is 22.0 Å². The number of anilines is 1. The average molecular weight is 520 g/mol. The summed E-state index contributed by atoms with van der Waals surface area (Å²) in [6.07, 6.45) is 1.91. The highest BCUT2D eigenvalue weighted by Crippen LogP contribution is 2.39. The topological polar surface area (TPSA) is 123 Å². The molecule has 2 amide bonds. The SMILES string of the molecule is COc1cc(NC(=O)CCNC(=O)[C@@H]2CCCCN2S(=O)(=O)Cc2ccccc2)cc(OC)c1OC. The summed E-state index contributed by atoms with van der Waals surface area (Å²) < 4.78 is 43.3. The minimum absolute atomic E-state index is 0.00584. The van der Waals surface area contributed by atoms with Gasteiger partial charge in [-0.1, -0.05) is 36.8 Å². The van der Waals surface area contributed by atoms with Crippen LogP contribution in [0.4, 0.5) is 5.69 Å². The first-order valence-electron chi connectivity index (χ1n) is 11.7. The molecule has 0 aromatic heterocycles. The Bertz CT molecular complexity index is 1130. The third-order valence-corrected chi connectivity index (χ3v) is 7.76. The van der Waals surface area contributed by atoms with Gasteiger partial charge in [0.25, 0.3) is 0 Å². The van der Waals surface area contributed by atoms with Crippen LogP contribution in [-0.4, -0.2) is 65.0 Å². The normalized spacial score (nSPS) is 16.1. The highest BCUT2D eigenvalue weighted by molar-refractivity contribution is 7.88. The number of benzene rings is 2. The van der Waals surface area contributed by atoms with E-state index in [2.05, 4.69) is 10.6 Å². The summed E-state index contributed by atoms with van der Waals surface area (Å²) in [7, 11) is 0.774. The van der Waals surface area contributed by atoms with Gasteiger partial charge in [0.2, 0.25) is 27.6 Å². The lowest BCUT2D eigenvalue weighted by atomic mass is 10.0. The van der Waals surface area contributed by atoms with E-state index in [4.69, 9.17) is 14.2 Å². The molecule has 2 aromatic rings. The molecule has 0 bridgehead atoms. The Morgan fingerprint density at radius 3 is 2.28 bits per heavy atom. The number of ether oxygens (including phenoxy) is 3. The van der Waals surface area contributed by atoms with Gasteiger partial charge in [0.1, 0.15) is 6.04 Å². The predicted octanol–water partition coefficient (Wildman–Crippen LogP) is 2.54. The number of nitrogens with zero attached hydrogens (tertiary/aromatic N) is 1. The molecule has 196 valence electrons. The summed E-state index contributed by atoms with van der Waals surface area (Å²) in [5.41, 5.74) is 1.12. The van der Waals surface area contributed by atoms with Crippen molar-refractivity contribution in [3.63, 3.8) is 0 Å². The maximum Gasteiger partial charge on any atom is 0.238 e. The summed E-state index contributed by atoms with van der Waals surface area (Å²) in [5, 5.41) is 5.47. The standard InChI is InChI=1S/C25H33N3O7S/c1-33-21-15-19(16-22(34-2)24(21)35-3)27-23(29)12-13-26-25(30)20-11-7-8-14-28(20)36(31,32)17-18-9-5-4-6-10-18/h4-6,9-10,15-16,20H,7-8,11-14,17H2,1-3H3,(H,26,30)(H,27,29)/t20-/m0/s1. The summed E-state index contributed by atoms with van der Waals surface area (Å²) in [6, 6.07) is 11.3. The van der Waals surface area contributed by atoms with Crippen LogP contribution in [0.25, 0.3) is 0 Å². The Hall–Kier alpha value is -3.31. The first-order chi connectivity index (χ1) is 17.3. The van der Waals surface area contributed by atoms with Crippen LogP contribution in [0.3, 0.4) is 0 Å². The van der Waals surface area contributed by atoms with Crippen molar-refractivity contribution in [2.24, 2.45) is 0 Å². The molecule has 1 atom stereocenters. The average Bonchev–Trinajstić information content (AvgIpc) is 2.88. The van der Waals surface area contributed by atoms with Crippen molar-refractivity contribution in [3.8, 4) is 17.2 Å². The first kappa shape index (κ1) is 27.3. The highest BCUT2D eigenvalue weighted by atomic mass is 32.2. The van der Waals surface area contributed by atoms with Crippen LogP contribution < -0.4 is 24.8 Å². The molecule has 1 heterocycles. The molecular formula is C25H33N3O7S. The Kier molecular flexibility index (Phi) is 9.54. The number of methoxy groups -OCH3 is 3. The second-order valence-corrected chi connectivity index (χ2v) is 10.3. The van der Waals surface area contributed by atoms with Gasteiger partial charge in [-0.3, -0.25) is 9.59 Å². The van der Waals surface area contributed by atoms with E-state index in [9.17, 15) is 18.0 Å². The smallest absolute Gasteiger partial charge is 0.238 e. The molecule has 0 saturated carbocycles. The fourth-order valence-electron chi connectivity index (χ4n) is 4.16. The molecule has 0 unspecified atom stereocenters. The van der Waals surface area contributed by atoms with Crippen molar-refractivity contribution in [1.29, 1.82) is 0 Å². The van der Waals surface area contributed by atoms with Crippen LogP contribution in [0, 0.1) is 0 Å². The molecule has 10 nitrogen and oxygen atoms in total. The molecule has 0 radical (unpaired) electrons. The van der Waals surface area contributed by atoms with Gasteiger partial charge in [-0.2, -0.15) is 4.31 Å². The Balaban J connectivity index is 1.57. The fraction of sp³-hybridized carbons (Fsp3) is 0.440. The second-order valence-electron chi connectivity index (χ2n) is 8.37. The number of nitrogens with one attached hydrogen (secondary N) is 2. The maximum absolute atomic E-state index is 13.1. The van der Waals surface area contributed by atoms with Gasteiger partial charge < -0.3 is 24.8 Å². The van der Waals surface area contributed by atoms with Crippen molar-refractivity contribution in [2.75, 3.05) is 39.7 Å². The molecule has 36 heavy (non-hydrogen) atoms. The largest absolute Gasteiger partial charge is 0.493 e. The molecule has 2 N–H and O–H groups in total. The molecule has 1 aliphatic rings. The number of hydrogen-bond acceptors (Lipinski definition) is 7. The van der Waals surface area contributed by atoms with Gasteiger partial charge in [0.05, 0.1) is 27.1 Å².